The van der Waals surface area contributed by atoms with Crippen LogP contribution < -0.4 is 11.2 Å². The lowest BCUT2D eigenvalue weighted by Crippen LogP contribution is -2.17. The number of fused-ring (bicyclic) bond motifs is 1. The molecule has 3 rings (SSSR count). The summed E-state index contributed by atoms with van der Waals surface area (Å²) in [7, 11) is 0. The standard InChI is InChI=1S/C15H10Cl2N4OS/c16-10-3-1-8(5-11(10)17)7-19-21-14(22)9-2-4-12-13(6-9)23-15(18)20-12/h1-7H,(H2,18,20)(H,21,22)/b19-7-. The van der Waals surface area contributed by atoms with Gasteiger partial charge in [0.1, 0.15) is 0 Å². The van der Waals surface area contributed by atoms with Crippen LogP contribution in [0.5, 0.6) is 0 Å². The highest BCUT2D eigenvalue weighted by molar-refractivity contribution is 7.22. The van der Waals surface area contributed by atoms with Gasteiger partial charge in [-0.15, -0.1) is 0 Å². The molecule has 116 valence electrons. The molecule has 0 aliphatic heterocycles. The lowest BCUT2D eigenvalue weighted by molar-refractivity contribution is 0.0955. The van der Waals surface area contributed by atoms with Crippen LogP contribution in [0.3, 0.4) is 0 Å². The second-order valence-electron chi connectivity index (χ2n) is 4.61. The molecule has 3 N–H and O–H groups in total. The first-order valence-electron chi connectivity index (χ1n) is 6.47. The van der Waals surface area contributed by atoms with Gasteiger partial charge in [-0.05, 0) is 35.9 Å². The second kappa shape index (κ2) is 6.54. The lowest BCUT2D eigenvalue weighted by Gasteiger charge is -2.00. The van der Waals surface area contributed by atoms with E-state index in [4.69, 9.17) is 28.9 Å². The molecule has 1 heterocycles. The van der Waals surface area contributed by atoms with Crippen molar-refractivity contribution in [3.05, 3.63) is 57.6 Å². The number of halogens is 2. The highest BCUT2D eigenvalue weighted by Gasteiger charge is 2.08. The largest absolute Gasteiger partial charge is 0.375 e. The van der Waals surface area contributed by atoms with E-state index >= 15 is 0 Å². The molecule has 0 saturated carbocycles. The number of amides is 1. The lowest BCUT2D eigenvalue weighted by atomic mass is 10.2. The molecule has 0 saturated heterocycles. The van der Waals surface area contributed by atoms with E-state index in [0.29, 0.717) is 20.7 Å². The zero-order valence-corrected chi connectivity index (χ0v) is 13.9. The number of benzene rings is 2. The SMILES string of the molecule is Nc1nc2ccc(C(=O)N/N=C\c3ccc(Cl)c(Cl)c3)cc2s1. The van der Waals surface area contributed by atoms with Crippen LogP contribution >= 0.6 is 34.5 Å². The first kappa shape index (κ1) is 15.7. The van der Waals surface area contributed by atoms with E-state index in [1.54, 1.807) is 36.4 Å². The van der Waals surface area contributed by atoms with E-state index in [-0.39, 0.29) is 5.91 Å². The van der Waals surface area contributed by atoms with Gasteiger partial charge in [0.25, 0.3) is 5.91 Å². The topological polar surface area (TPSA) is 80.4 Å². The Labute approximate surface area is 145 Å². The Bertz CT molecular complexity index is 923. The van der Waals surface area contributed by atoms with Crippen LogP contribution in [0.15, 0.2) is 41.5 Å². The van der Waals surface area contributed by atoms with Crippen LogP contribution in [0.25, 0.3) is 10.2 Å². The van der Waals surface area contributed by atoms with Gasteiger partial charge in [-0.2, -0.15) is 5.10 Å². The van der Waals surface area contributed by atoms with Gasteiger partial charge in [0.2, 0.25) is 0 Å². The summed E-state index contributed by atoms with van der Waals surface area (Å²) < 4.78 is 0.851. The molecular weight excluding hydrogens is 355 g/mol. The number of aromatic nitrogens is 1. The van der Waals surface area contributed by atoms with Crippen molar-refractivity contribution < 1.29 is 4.79 Å². The molecule has 0 aliphatic carbocycles. The first-order valence-corrected chi connectivity index (χ1v) is 8.05. The van der Waals surface area contributed by atoms with E-state index < -0.39 is 0 Å². The van der Waals surface area contributed by atoms with Crippen molar-refractivity contribution in [2.75, 3.05) is 5.73 Å². The quantitative estimate of drug-likeness (QED) is 0.545. The Morgan fingerprint density at radius 2 is 2.04 bits per heavy atom. The van der Waals surface area contributed by atoms with Gasteiger partial charge >= 0.3 is 0 Å². The number of thiazole rings is 1. The number of hydrazone groups is 1. The van der Waals surface area contributed by atoms with Gasteiger partial charge in [0.15, 0.2) is 5.13 Å². The third-order valence-corrected chi connectivity index (χ3v) is 4.58. The fourth-order valence-corrected chi connectivity index (χ4v) is 2.99. The average molecular weight is 365 g/mol. The third kappa shape index (κ3) is 3.61. The molecule has 0 aliphatic rings. The number of nitrogens with one attached hydrogen (secondary N) is 1. The predicted octanol–water partition coefficient (Wildman–Crippen LogP) is 3.95. The minimum Gasteiger partial charge on any atom is -0.375 e. The molecule has 1 aromatic heterocycles. The molecule has 3 aromatic rings. The van der Waals surface area contributed by atoms with Crippen LogP contribution in [-0.2, 0) is 0 Å². The maximum Gasteiger partial charge on any atom is 0.271 e. The molecule has 23 heavy (non-hydrogen) atoms. The van der Waals surface area contributed by atoms with Crippen LogP contribution in [-0.4, -0.2) is 17.1 Å². The summed E-state index contributed by atoms with van der Waals surface area (Å²) in [6.07, 6.45) is 1.49. The van der Waals surface area contributed by atoms with Gasteiger partial charge in [0.05, 0.1) is 26.5 Å². The minimum absolute atomic E-state index is 0.324. The number of anilines is 1. The summed E-state index contributed by atoms with van der Waals surface area (Å²) in [6.45, 7) is 0. The third-order valence-electron chi connectivity index (χ3n) is 2.99. The van der Waals surface area contributed by atoms with Crippen molar-refractivity contribution in [1.82, 2.24) is 10.4 Å². The molecule has 0 fully saturated rings. The Morgan fingerprint density at radius 1 is 1.22 bits per heavy atom. The predicted molar refractivity (Wildman–Crippen MR) is 95.6 cm³/mol. The van der Waals surface area contributed by atoms with Gasteiger partial charge in [-0.3, -0.25) is 4.79 Å². The highest BCUT2D eigenvalue weighted by atomic mass is 35.5. The molecule has 5 nitrogen and oxygen atoms in total. The summed E-state index contributed by atoms with van der Waals surface area (Å²) in [5.41, 5.74) is 10.1. The summed E-state index contributed by atoms with van der Waals surface area (Å²) in [6, 6.07) is 10.2. The zero-order valence-electron chi connectivity index (χ0n) is 11.6. The molecule has 0 unspecified atom stereocenters. The number of carbonyl (C=O) groups is 1. The number of hydrogen-bond donors (Lipinski definition) is 2. The van der Waals surface area contributed by atoms with Crippen molar-refractivity contribution in [1.29, 1.82) is 0 Å². The van der Waals surface area contributed by atoms with E-state index in [1.165, 1.54) is 17.6 Å². The maximum atomic E-state index is 12.1. The van der Waals surface area contributed by atoms with Crippen molar-refractivity contribution in [2.45, 2.75) is 0 Å². The highest BCUT2D eigenvalue weighted by Crippen LogP contribution is 2.24. The zero-order chi connectivity index (χ0) is 16.4. The van der Waals surface area contributed by atoms with E-state index in [2.05, 4.69) is 15.5 Å². The maximum absolute atomic E-state index is 12.1. The Kier molecular flexibility index (Phi) is 4.47. The average Bonchev–Trinajstić information content (AvgIpc) is 2.89. The van der Waals surface area contributed by atoms with E-state index in [0.717, 1.165) is 15.8 Å². The number of rotatable bonds is 3. The van der Waals surface area contributed by atoms with Gasteiger partial charge in [0, 0.05) is 5.56 Å². The van der Waals surface area contributed by atoms with Crippen molar-refractivity contribution in [2.24, 2.45) is 5.10 Å². The van der Waals surface area contributed by atoms with Crippen molar-refractivity contribution in [3.63, 3.8) is 0 Å². The molecule has 1 amide bonds. The summed E-state index contributed by atoms with van der Waals surface area (Å²) >= 11 is 13.1. The number of nitrogens with two attached hydrogens (primary N) is 1. The second-order valence-corrected chi connectivity index (χ2v) is 6.48. The van der Waals surface area contributed by atoms with Crippen LogP contribution in [0.4, 0.5) is 5.13 Å². The summed E-state index contributed by atoms with van der Waals surface area (Å²) in [4.78, 5) is 16.2. The number of nitrogens with zero attached hydrogens (tertiary/aromatic N) is 2. The van der Waals surface area contributed by atoms with Gasteiger partial charge in [-0.1, -0.05) is 40.6 Å². The molecule has 0 spiro atoms. The summed E-state index contributed by atoms with van der Waals surface area (Å²) in [5.74, 6) is -0.324. The fourth-order valence-electron chi connectivity index (χ4n) is 1.91. The Morgan fingerprint density at radius 3 is 2.83 bits per heavy atom. The fraction of sp³-hybridized carbons (Fsp3) is 0. The first-order chi connectivity index (χ1) is 11.0. The smallest absolute Gasteiger partial charge is 0.271 e. The molecule has 8 heteroatoms. The van der Waals surface area contributed by atoms with Crippen LogP contribution in [0, 0.1) is 0 Å². The summed E-state index contributed by atoms with van der Waals surface area (Å²) in [5, 5.41) is 5.27. The van der Waals surface area contributed by atoms with Crippen LogP contribution in [0.1, 0.15) is 15.9 Å². The van der Waals surface area contributed by atoms with Gasteiger partial charge < -0.3 is 5.73 Å². The molecule has 0 bridgehead atoms. The Hall–Kier alpha value is -2.15. The molecule has 0 atom stereocenters. The van der Waals surface area contributed by atoms with Crippen molar-refractivity contribution in [3.8, 4) is 0 Å². The molecule has 2 aromatic carbocycles. The number of hydrogen-bond acceptors (Lipinski definition) is 5. The molecule has 0 radical (unpaired) electrons. The Balaban J connectivity index is 1.72. The normalized spacial score (nSPS) is 11.2. The van der Waals surface area contributed by atoms with Gasteiger partial charge in [-0.25, -0.2) is 10.4 Å². The monoisotopic (exact) mass is 364 g/mol. The molecular formula is C15H10Cl2N4OS. The number of nitrogen functional groups attached to an aromatic ring is 1. The van der Waals surface area contributed by atoms with E-state index in [1.807, 2.05) is 0 Å². The van der Waals surface area contributed by atoms with E-state index in [9.17, 15) is 4.79 Å². The van der Waals surface area contributed by atoms with Crippen molar-refractivity contribution >= 4 is 62.0 Å². The number of carbonyl (C=O) groups excluding carboxylic acids is 1. The minimum atomic E-state index is -0.324. The van der Waals surface area contributed by atoms with Crippen LogP contribution in [0.2, 0.25) is 10.0 Å².